The van der Waals surface area contributed by atoms with Crippen LogP contribution in [0.3, 0.4) is 0 Å². The molecule has 8 heteroatoms. The van der Waals surface area contributed by atoms with Gasteiger partial charge >= 0.3 is 0 Å². The summed E-state index contributed by atoms with van der Waals surface area (Å²) in [5.41, 5.74) is 0.497. The van der Waals surface area contributed by atoms with Crippen molar-refractivity contribution in [1.82, 2.24) is 9.29 Å². The molecule has 0 bridgehead atoms. The van der Waals surface area contributed by atoms with E-state index in [0.29, 0.717) is 18.4 Å². The molecule has 1 saturated heterocycles. The molecule has 0 saturated carbocycles. The smallest absolute Gasteiger partial charge is 0.245 e. The molecule has 1 atom stereocenters. The number of Topliss-reactive ketones (excluding diaryl/α,β-unsaturated/α-hetero) is 1. The Bertz CT molecular complexity index is 872. The molecule has 0 aliphatic carbocycles. The highest BCUT2D eigenvalue weighted by Gasteiger charge is 2.39. The lowest BCUT2D eigenvalue weighted by molar-refractivity contribution is 0.0918. The molecule has 1 unspecified atom stereocenters. The van der Waals surface area contributed by atoms with Gasteiger partial charge in [-0.3, -0.25) is 4.79 Å². The molecule has 126 valence electrons. The lowest BCUT2D eigenvalue weighted by atomic mass is 10.0. The molecule has 0 spiro atoms. The summed E-state index contributed by atoms with van der Waals surface area (Å²) in [6.45, 7) is 0.284. The Morgan fingerprint density at radius 1 is 1.21 bits per heavy atom. The minimum atomic E-state index is -3.87. The summed E-state index contributed by atoms with van der Waals surface area (Å²) in [6, 6.07) is 9.23. The van der Waals surface area contributed by atoms with Crippen LogP contribution in [0.2, 0.25) is 10.2 Å². The lowest BCUT2D eigenvalue weighted by Gasteiger charge is -2.23. The molecule has 1 aromatic carbocycles. The van der Waals surface area contributed by atoms with Gasteiger partial charge < -0.3 is 0 Å². The fraction of sp³-hybridized carbons (Fsp3) is 0.250. The summed E-state index contributed by atoms with van der Waals surface area (Å²) in [5, 5.41) is 0.0943. The largest absolute Gasteiger partial charge is 0.292 e. The molecule has 3 rings (SSSR count). The van der Waals surface area contributed by atoms with Crippen molar-refractivity contribution >= 4 is 39.0 Å². The van der Waals surface area contributed by atoms with Crippen LogP contribution < -0.4 is 0 Å². The van der Waals surface area contributed by atoms with Crippen molar-refractivity contribution in [2.45, 2.75) is 23.8 Å². The van der Waals surface area contributed by atoms with Gasteiger partial charge in [0.15, 0.2) is 5.78 Å². The number of sulfonamides is 1. The summed E-state index contributed by atoms with van der Waals surface area (Å²) in [7, 11) is -3.87. The van der Waals surface area contributed by atoms with Crippen molar-refractivity contribution in [3.8, 4) is 0 Å². The third kappa shape index (κ3) is 3.19. The highest BCUT2D eigenvalue weighted by Crippen LogP contribution is 2.30. The summed E-state index contributed by atoms with van der Waals surface area (Å²) >= 11 is 11.6. The standard InChI is InChI=1S/C16H14Cl2N2O3S/c17-13-9-12(10-19-16(13)18)24(22,23)20-8-4-7-14(20)15(21)11-5-2-1-3-6-11/h1-3,5-6,9-10,14H,4,7-8H2. The number of hydrogen-bond donors (Lipinski definition) is 0. The maximum absolute atomic E-state index is 12.9. The van der Waals surface area contributed by atoms with Crippen LogP contribution in [0, 0.1) is 0 Å². The number of carbonyl (C=O) groups is 1. The van der Waals surface area contributed by atoms with E-state index in [2.05, 4.69) is 4.98 Å². The minimum Gasteiger partial charge on any atom is -0.292 e. The highest BCUT2D eigenvalue weighted by atomic mass is 35.5. The highest BCUT2D eigenvalue weighted by molar-refractivity contribution is 7.89. The van der Waals surface area contributed by atoms with Gasteiger partial charge in [-0.15, -0.1) is 0 Å². The topological polar surface area (TPSA) is 67.3 Å². The zero-order valence-electron chi connectivity index (χ0n) is 12.5. The molecule has 5 nitrogen and oxygen atoms in total. The number of hydrogen-bond acceptors (Lipinski definition) is 4. The summed E-state index contributed by atoms with van der Waals surface area (Å²) in [6.07, 6.45) is 2.27. The molecule has 0 radical (unpaired) electrons. The molecule has 1 fully saturated rings. The summed E-state index contributed by atoms with van der Waals surface area (Å²) in [5.74, 6) is -0.204. The first-order valence-electron chi connectivity index (χ1n) is 7.33. The van der Waals surface area contributed by atoms with E-state index in [1.54, 1.807) is 30.3 Å². The van der Waals surface area contributed by atoms with Crippen molar-refractivity contribution in [1.29, 1.82) is 0 Å². The van der Waals surface area contributed by atoms with E-state index in [1.165, 1.54) is 10.4 Å². The second-order valence-electron chi connectivity index (χ2n) is 5.45. The maximum Gasteiger partial charge on any atom is 0.245 e. The normalized spacial score (nSPS) is 18.7. The summed E-state index contributed by atoms with van der Waals surface area (Å²) in [4.78, 5) is 16.4. The molecular weight excluding hydrogens is 371 g/mol. The molecule has 1 aliphatic heterocycles. The average molecular weight is 385 g/mol. The molecule has 0 amide bonds. The van der Waals surface area contributed by atoms with Crippen LogP contribution >= 0.6 is 23.2 Å². The van der Waals surface area contributed by atoms with E-state index in [-0.39, 0.29) is 27.4 Å². The molecule has 2 heterocycles. The Kier molecular flexibility index (Phi) is 4.92. The average Bonchev–Trinajstić information content (AvgIpc) is 3.08. The Labute approximate surface area is 150 Å². The first-order chi connectivity index (χ1) is 11.4. The molecular formula is C16H14Cl2N2O3S. The molecule has 1 aromatic heterocycles. The number of benzene rings is 1. The Hall–Kier alpha value is -1.47. The van der Waals surface area contributed by atoms with Gasteiger partial charge in [0, 0.05) is 18.3 Å². The van der Waals surface area contributed by atoms with Crippen LogP contribution in [0.4, 0.5) is 0 Å². The molecule has 24 heavy (non-hydrogen) atoms. The summed E-state index contributed by atoms with van der Waals surface area (Å²) < 4.78 is 27.0. The number of pyridine rings is 1. The van der Waals surface area contributed by atoms with Gasteiger partial charge in [0.2, 0.25) is 10.0 Å². The van der Waals surface area contributed by atoms with Gasteiger partial charge in [0.1, 0.15) is 10.0 Å². The number of aromatic nitrogens is 1. The zero-order valence-corrected chi connectivity index (χ0v) is 14.9. The van der Waals surface area contributed by atoms with Crippen molar-refractivity contribution in [3.63, 3.8) is 0 Å². The van der Waals surface area contributed by atoms with Gasteiger partial charge in [-0.2, -0.15) is 4.31 Å². The number of carbonyl (C=O) groups excluding carboxylic acids is 1. The number of ketones is 1. The van der Waals surface area contributed by atoms with Crippen molar-refractivity contribution in [3.05, 3.63) is 58.3 Å². The fourth-order valence-electron chi connectivity index (χ4n) is 2.76. The van der Waals surface area contributed by atoms with Crippen LogP contribution in [-0.2, 0) is 10.0 Å². The Morgan fingerprint density at radius 3 is 2.58 bits per heavy atom. The predicted molar refractivity (Wildman–Crippen MR) is 91.9 cm³/mol. The van der Waals surface area contributed by atoms with Crippen LogP contribution in [0.1, 0.15) is 23.2 Å². The SMILES string of the molecule is O=C(c1ccccc1)C1CCCN1S(=O)(=O)c1cnc(Cl)c(Cl)c1. The molecule has 0 N–H and O–H groups in total. The number of rotatable bonds is 4. The predicted octanol–water partition coefficient (Wildman–Crippen LogP) is 3.42. The van der Waals surface area contributed by atoms with Crippen molar-refractivity contribution in [2.75, 3.05) is 6.54 Å². The zero-order chi connectivity index (χ0) is 17.3. The fourth-order valence-corrected chi connectivity index (χ4v) is 4.73. The molecule has 1 aliphatic rings. The Morgan fingerprint density at radius 2 is 1.92 bits per heavy atom. The van der Waals surface area contributed by atoms with Crippen LogP contribution in [0.25, 0.3) is 0 Å². The van der Waals surface area contributed by atoms with Crippen LogP contribution in [0.5, 0.6) is 0 Å². The van der Waals surface area contributed by atoms with Crippen LogP contribution in [0.15, 0.2) is 47.5 Å². The third-order valence-corrected chi connectivity index (χ3v) is 6.50. The maximum atomic E-state index is 12.9. The molecule has 2 aromatic rings. The van der Waals surface area contributed by atoms with E-state index < -0.39 is 16.1 Å². The Balaban J connectivity index is 1.94. The van der Waals surface area contributed by atoms with E-state index >= 15 is 0 Å². The van der Waals surface area contributed by atoms with Gasteiger partial charge in [0.05, 0.1) is 11.1 Å². The van der Waals surface area contributed by atoms with Crippen LogP contribution in [-0.4, -0.2) is 36.1 Å². The van der Waals surface area contributed by atoms with E-state index in [1.807, 2.05) is 0 Å². The van der Waals surface area contributed by atoms with Gasteiger partial charge in [0.25, 0.3) is 0 Å². The third-order valence-electron chi connectivity index (χ3n) is 3.94. The van der Waals surface area contributed by atoms with Gasteiger partial charge in [-0.25, -0.2) is 13.4 Å². The monoisotopic (exact) mass is 384 g/mol. The second-order valence-corrected chi connectivity index (χ2v) is 8.10. The van der Waals surface area contributed by atoms with Crippen molar-refractivity contribution < 1.29 is 13.2 Å². The van der Waals surface area contributed by atoms with E-state index in [9.17, 15) is 13.2 Å². The lowest BCUT2D eigenvalue weighted by Crippen LogP contribution is -2.40. The van der Waals surface area contributed by atoms with Gasteiger partial charge in [-0.1, -0.05) is 53.5 Å². The second kappa shape index (κ2) is 6.80. The number of halogens is 2. The number of nitrogens with zero attached hydrogens (tertiary/aromatic N) is 2. The van der Waals surface area contributed by atoms with E-state index in [4.69, 9.17) is 23.2 Å². The van der Waals surface area contributed by atoms with Gasteiger partial charge in [-0.05, 0) is 18.9 Å². The minimum absolute atomic E-state index is 0.0361. The van der Waals surface area contributed by atoms with E-state index in [0.717, 1.165) is 6.20 Å². The van der Waals surface area contributed by atoms with Crippen molar-refractivity contribution in [2.24, 2.45) is 0 Å². The first kappa shape index (κ1) is 17.4. The quantitative estimate of drug-likeness (QED) is 0.598. The first-order valence-corrected chi connectivity index (χ1v) is 9.53.